The van der Waals surface area contributed by atoms with Crippen molar-refractivity contribution in [3.63, 3.8) is 0 Å². The SMILES string of the molecule is C=C(C)C1C2CCC(CC2)C1C(=C)C. The monoisotopic (exact) mass is 190 g/mol. The Morgan fingerprint density at radius 1 is 0.786 bits per heavy atom. The molecule has 0 nitrogen and oxygen atoms in total. The van der Waals surface area contributed by atoms with Gasteiger partial charge in [-0.05, 0) is 63.2 Å². The van der Waals surface area contributed by atoms with Gasteiger partial charge in [0.05, 0.1) is 0 Å². The molecule has 0 N–H and O–H groups in total. The molecule has 2 unspecified atom stereocenters. The Bertz CT molecular complexity index is 225. The second-order valence-electron chi connectivity index (χ2n) is 5.42. The van der Waals surface area contributed by atoms with Crippen LogP contribution in [0.5, 0.6) is 0 Å². The maximum absolute atomic E-state index is 4.19. The maximum atomic E-state index is 4.19. The van der Waals surface area contributed by atoms with Crippen molar-refractivity contribution in [3.05, 3.63) is 24.3 Å². The van der Waals surface area contributed by atoms with Gasteiger partial charge >= 0.3 is 0 Å². The molecular formula is C14H22. The normalized spacial score (nSPS) is 41.0. The summed E-state index contributed by atoms with van der Waals surface area (Å²) in [4.78, 5) is 0. The third kappa shape index (κ3) is 1.45. The molecule has 0 aliphatic heterocycles. The first kappa shape index (κ1) is 10.0. The Labute approximate surface area is 88.1 Å². The maximum Gasteiger partial charge on any atom is -0.0112 e. The Kier molecular flexibility index (Phi) is 2.55. The van der Waals surface area contributed by atoms with E-state index in [0.29, 0.717) is 0 Å². The lowest BCUT2D eigenvalue weighted by molar-refractivity contribution is 0.0661. The van der Waals surface area contributed by atoms with Crippen molar-refractivity contribution in [1.82, 2.24) is 0 Å². The van der Waals surface area contributed by atoms with E-state index in [2.05, 4.69) is 27.0 Å². The van der Waals surface area contributed by atoms with E-state index in [1.54, 1.807) is 0 Å². The zero-order valence-electron chi connectivity index (χ0n) is 9.55. The van der Waals surface area contributed by atoms with Crippen molar-refractivity contribution < 1.29 is 0 Å². The van der Waals surface area contributed by atoms with Crippen LogP contribution in [0.4, 0.5) is 0 Å². The minimum atomic E-state index is 0.750. The van der Waals surface area contributed by atoms with Gasteiger partial charge in [-0.3, -0.25) is 0 Å². The number of hydrogen-bond donors (Lipinski definition) is 0. The number of hydrogen-bond acceptors (Lipinski definition) is 0. The van der Waals surface area contributed by atoms with Gasteiger partial charge in [0.1, 0.15) is 0 Å². The summed E-state index contributed by atoms with van der Waals surface area (Å²) in [6.07, 6.45) is 5.75. The highest BCUT2D eigenvalue weighted by molar-refractivity contribution is 5.16. The predicted octanol–water partition coefficient (Wildman–Crippen LogP) is 4.19. The van der Waals surface area contributed by atoms with Gasteiger partial charge in [-0.2, -0.15) is 0 Å². The number of rotatable bonds is 2. The molecular weight excluding hydrogens is 168 g/mol. The van der Waals surface area contributed by atoms with Crippen LogP contribution < -0.4 is 0 Å². The zero-order valence-corrected chi connectivity index (χ0v) is 9.55. The zero-order chi connectivity index (χ0) is 10.3. The standard InChI is InChI=1S/C14H22/c1-9(2)13-11-5-7-12(8-6-11)14(13)10(3)4/h11-14H,1,3,5-8H2,2,4H3. The molecule has 0 aromatic carbocycles. The van der Waals surface area contributed by atoms with E-state index in [-0.39, 0.29) is 0 Å². The van der Waals surface area contributed by atoms with Gasteiger partial charge in [-0.15, -0.1) is 0 Å². The molecule has 2 bridgehead atoms. The smallest absolute Gasteiger partial charge is 0.0112 e. The quantitative estimate of drug-likeness (QED) is 0.573. The molecule has 3 aliphatic carbocycles. The summed E-state index contributed by atoms with van der Waals surface area (Å²) in [7, 11) is 0. The fourth-order valence-corrected chi connectivity index (χ4v) is 3.87. The van der Waals surface area contributed by atoms with Crippen LogP contribution in [0.3, 0.4) is 0 Å². The molecule has 78 valence electrons. The Morgan fingerprint density at radius 2 is 1.07 bits per heavy atom. The van der Waals surface area contributed by atoms with Crippen molar-refractivity contribution >= 4 is 0 Å². The summed E-state index contributed by atoms with van der Waals surface area (Å²) in [5.41, 5.74) is 2.79. The van der Waals surface area contributed by atoms with Crippen LogP contribution in [0, 0.1) is 23.7 Å². The lowest BCUT2D eigenvalue weighted by Gasteiger charge is -2.49. The van der Waals surface area contributed by atoms with E-state index in [0.717, 1.165) is 23.7 Å². The highest BCUT2D eigenvalue weighted by Gasteiger charge is 2.43. The van der Waals surface area contributed by atoms with Crippen molar-refractivity contribution in [2.45, 2.75) is 39.5 Å². The summed E-state index contributed by atoms with van der Waals surface area (Å²) < 4.78 is 0. The molecule has 3 saturated carbocycles. The van der Waals surface area contributed by atoms with Crippen LogP contribution in [-0.2, 0) is 0 Å². The van der Waals surface area contributed by atoms with Crippen molar-refractivity contribution in [2.75, 3.05) is 0 Å². The van der Waals surface area contributed by atoms with Crippen LogP contribution in [0.25, 0.3) is 0 Å². The van der Waals surface area contributed by atoms with E-state index in [9.17, 15) is 0 Å². The molecule has 3 aliphatic rings. The average molecular weight is 190 g/mol. The van der Waals surface area contributed by atoms with Gasteiger partial charge in [-0.1, -0.05) is 24.3 Å². The Balaban J connectivity index is 2.27. The van der Waals surface area contributed by atoms with Gasteiger partial charge in [0.15, 0.2) is 0 Å². The Hall–Kier alpha value is -0.520. The average Bonchev–Trinajstić information content (AvgIpc) is 2.17. The highest BCUT2D eigenvalue weighted by Crippen LogP contribution is 2.53. The summed E-state index contributed by atoms with van der Waals surface area (Å²) in [6, 6.07) is 0. The summed E-state index contributed by atoms with van der Waals surface area (Å²) in [5.74, 6) is 3.33. The molecule has 14 heavy (non-hydrogen) atoms. The van der Waals surface area contributed by atoms with Crippen LogP contribution in [0.15, 0.2) is 24.3 Å². The van der Waals surface area contributed by atoms with E-state index >= 15 is 0 Å². The summed E-state index contributed by atoms with van der Waals surface area (Å²) in [5, 5.41) is 0. The molecule has 0 spiro atoms. The van der Waals surface area contributed by atoms with Gasteiger partial charge in [0.2, 0.25) is 0 Å². The first-order valence-electron chi connectivity index (χ1n) is 5.92. The molecule has 0 saturated heterocycles. The van der Waals surface area contributed by atoms with Crippen LogP contribution in [0.2, 0.25) is 0 Å². The van der Waals surface area contributed by atoms with Crippen LogP contribution in [-0.4, -0.2) is 0 Å². The fourth-order valence-electron chi connectivity index (χ4n) is 3.87. The third-order valence-electron chi connectivity index (χ3n) is 4.36. The first-order chi connectivity index (χ1) is 6.61. The third-order valence-corrected chi connectivity index (χ3v) is 4.36. The molecule has 0 aromatic rings. The number of fused-ring (bicyclic) bond motifs is 3. The second kappa shape index (κ2) is 3.56. The molecule has 0 aromatic heterocycles. The second-order valence-corrected chi connectivity index (χ2v) is 5.42. The molecule has 2 atom stereocenters. The fraction of sp³-hybridized carbons (Fsp3) is 0.714. The Morgan fingerprint density at radius 3 is 1.29 bits per heavy atom. The highest BCUT2D eigenvalue weighted by atomic mass is 14.5. The largest absolute Gasteiger partial charge is 0.0998 e. The minimum absolute atomic E-state index is 0.750. The lowest BCUT2D eigenvalue weighted by Crippen LogP contribution is -2.40. The van der Waals surface area contributed by atoms with Crippen LogP contribution >= 0.6 is 0 Å². The van der Waals surface area contributed by atoms with Gasteiger partial charge < -0.3 is 0 Å². The first-order valence-corrected chi connectivity index (χ1v) is 5.92. The summed E-state index contributed by atoms with van der Waals surface area (Å²) >= 11 is 0. The van der Waals surface area contributed by atoms with Gasteiger partial charge in [-0.25, -0.2) is 0 Å². The van der Waals surface area contributed by atoms with E-state index < -0.39 is 0 Å². The van der Waals surface area contributed by atoms with E-state index in [1.165, 1.54) is 36.8 Å². The van der Waals surface area contributed by atoms with E-state index in [4.69, 9.17) is 0 Å². The topological polar surface area (TPSA) is 0 Å². The lowest BCUT2D eigenvalue weighted by atomic mass is 9.55. The number of allylic oxidation sites excluding steroid dienone is 2. The van der Waals surface area contributed by atoms with Gasteiger partial charge in [0, 0.05) is 0 Å². The molecule has 0 heterocycles. The molecule has 3 fully saturated rings. The molecule has 0 amide bonds. The van der Waals surface area contributed by atoms with Crippen LogP contribution in [0.1, 0.15) is 39.5 Å². The van der Waals surface area contributed by atoms with Crippen molar-refractivity contribution in [1.29, 1.82) is 0 Å². The van der Waals surface area contributed by atoms with Crippen molar-refractivity contribution in [2.24, 2.45) is 23.7 Å². The minimum Gasteiger partial charge on any atom is -0.0998 e. The molecule has 0 heteroatoms. The van der Waals surface area contributed by atoms with Gasteiger partial charge in [0.25, 0.3) is 0 Å². The predicted molar refractivity (Wildman–Crippen MR) is 62.1 cm³/mol. The van der Waals surface area contributed by atoms with Crippen molar-refractivity contribution in [3.8, 4) is 0 Å². The molecule has 0 radical (unpaired) electrons. The summed E-state index contributed by atoms with van der Waals surface area (Å²) in [6.45, 7) is 12.8. The molecule has 3 rings (SSSR count). The van der Waals surface area contributed by atoms with E-state index in [1.807, 2.05) is 0 Å².